The molecule has 0 aliphatic carbocycles. The number of nitrogens with one attached hydrogen (secondary N) is 4. The van der Waals surface area contributed by atoms with Gasteiger partial charge in [-0.15, -0.1) is 10.6 Å². The SMILES string of the molecule is CCOC(=O)Nc1ccccc1CC1=NNNN1. The van der Waals surface area contributed by atoms with Gasteiger partial charge < -0.3 is 4.74 Å². The quantitative estimate of drug-likeness (QED) is 0.632. The molecule has 1 aromatic rings. The van der Waals surface area contributed by atoms with E-state index in [9.17, 15) is 4.79 Å². The minimum atomic E-state index is -0.456. The lowest BCUT2D eigenvalue weighted by Crippen LogP contribution is -2.35. The predicted molar refractivity (Wildman–Crippen MR) is 67.6 cm³/mol. The molecule has 1 heterocycles. The maximum atomic E-state index is 11.4. The second kappa shape index (κ2) is 5.87. The molecule has 0 bridgehead atoms. The van der Waals surface area contributed by atoms with Crippen LogP contribution in [-0.2, 0) is 11.2 Å². The van der Waals surface area contributed by atoms with E-state index < -0.39 is 6.09 Å². The first-order valence-electron chi connectivity index (χ1n) is 5.64. The molecule has 0 unspecified atom stereocenters. The molecule has 1 amide bonds. The zero-order valence-corrected chi connectivity index (χ0v) is 9.99. The molecule has 4 N–H and O–H groups in total. The minimum absolute atomic E-state index is 0.343. The number of carbonyl (C=O) groups is 1. The van der Waals surface area contributed by atoms with Crippen molar-refractivity contribution in [1.82, 2.24) is 16.5 Å². The fourth-order valence-corrected chi connectivity index (χ4v) is 1.56. The Kier molecular flexibility index (Phi) is 3.98. The highest BCUT2D eigenvalue weighted by atomic mass is 16.5. The van der Waals surface area contributed by atoms with Crippen LogP contribution in [-0.4, -0.2) is 18.5 Å². The highest BCUT2D eigenvalue weighted by Crippen LogP contribution is 2.16. The first-order chi connectivity index (χ1) is 8.79. The Bertz CT molecular complexity index is 461. The molecule has 1 aliphatic heterocycles. The summed E-state index contributed by atoms with van der Waals surface area (Å²) in [6.45, 7) is 2.11. The number of para-hydroxylation sites is 1. The second-order valence-corrected chi connectivity index (χ2v) is 3.60. The van der Waals surface area contributed by atoms with Crippen molar-refractivity contribution in [1.29, 1.82) is 0 Å². The third-order valence-electron chi connectivity index (χ3n) is 2.34. The second-order valence-electron chi connectivity index (χ2n) is 3.60. The number of amidine groups is 1. The summed E-state index contributed by atoms with van der Waals surface area (Å²) >= 11 is 0. The Morgan fingerprint density at radius 3 is 3.00 bits per heavy atom. The van der Waals surface area contributed by atoms with Gasteiger partial charge in [0, 0.05) is 12.1 Å². The first-order valence-corrected chi connectivity index (χ1v) is 5.64. The molecular weight excluding hydrogens is 234 g/mol. The fourth-order valence-electron chi connectivity index (χ4n) is 1.56. The van der Waals surface area contributed by atoms with E-state index in [1.54, 1.807) is 6.92 Å². The zero-order valence-electron chi connectivity index (χ0n) is 9.99. The lowest BCUT2D eigenvalue weighted by atomic mass is 10.1. The highest BCUT2D eigenvalue weighted by molar-refractivity contribution is 5.89. The van der Waals surface area contributed by atoms with Gasteiger partial charge in [-0.25, -0.2) is 10.3 Å². The van der Waals surface area contributed by atoms with E-state index >= 15 is 0 Å². The van der Waals surface area contributed by atoms with Crippen LogP contribution in [0.5, 0.6) is 0 Å². The maximum absolute atomic E-state index is 11.4. The molecule has 0 radical (unpaired) electrons. The Labute approximate surface area is 105 Å². The van der Waals surface area contributed by atoms with Crippen LogP contribution in [0.15, 0.2) is 29.4 Å². The molecule has 1 aromatic carbocycles. The number of hydrazone groups is 1. The molecule has 0 fully saturated rings. The molecule has 0 spiro atoms. The number of hydrazine groups is 2. The fraction of sp³-hybridized carbons (Fsp3) is 0.273. The number of anilines is 1. The van der Waals surface area contributed by atoms with Gasteiger partial charge in [0.2, 0.25) is 0 Å². The summed E-state index contributed by atoms with van der Waals surface area (Å²) in [5.41, 5.74) is 9.76. The van der Waals surface area contributed by atoms with Gasteiger partial charge in [-0.2, -0.15) is 0 Å². The van der Waals surface area contributed by atoms with E-state index in [-0.39, 0.29) is 0 Å². The Morgan fingerprint density at radius 2 is 2.28 bits per heavy atom. The lowest BCUT2D eigenvalue weighted by Gasteiger charge is -2.10. The van der Waals surface area contributed by atoms with Crippen LogP contribution in [0.1, 0.15) is 12.5 Å². The molecule has 0 atom stereocenters. The van der Waals surface area contributed by atoms with Gasteiger partial charge in [0.15, 0.2) is 0 Å². The van der Waals surface area contributed by atoms with Crippen molar-refractivity contribution in [2.45, 2.75) is 13.3 Å². The summed E-state index contributed by atoms with van der Waals surface area (Å²) in [6, 6.07) is 7.50. The number of amides is 1. The number of ether oxygens (including phenoxy) is 1. The average Bonchev–Trinajstić information content (AvgIpc) is 2.85. The predicted octanol–water partition coefficient (Wildman–Crippen LogP) is 0.723. The number of benzene rings is 1. The van der Waals surface area contributed by atoms with Crippen LogP contribution < -0.4 is 21.8 Å². The Balaban J connectivity index is 2.07. The van der Waals surface area contributed by atoms with Crippen molar-refractivity contribution in [3.8, 4) is 0 Å². The number of rotatable bonds is 4. The van der Waals surface area contributed by atoms with Gasteiger partial charge in [-0.1, -0.05) is 18.2 Å². The van der Waals surface area contributed by atoms with E-state index in [2.05, 4.69) is 26.9 Å². The van der Waals surface area contributed by atoms with E-state index in [0.717, 1.165) is 11.4 Å². The number of nitrogens with zero attached hydrogens (tertiary/aromatic N) is 1. The molecule has 0 saturated heterocycles. The summed E-state index contributed by atoms with van der Waals surface area (Å²) in [5.74, 6) is 0.744. The zero-order chi connectivity index (χ0) is 12.8. The van der Waals surface area contributed by atoms with Gasteiger partial charge >= 0.3 is 6.09 Å². The average molecular weight is 249 g/mol. The largest absolute Gasteiger partial charge is 0.450 e. The van der Waals surface area contributed by atoms with Crippen LogP contribution in [0.25, 0.3) is 0 Å². The van der Waals surface area contributed by atoms with Crippen molar-refractivity contribution in [3.63, 3.8) is 0 Å². The molecule has 18 heavy (non-hydrogen) atoms. The van der Waals surface area contributed by atoms with Gasteiger partial charge in [0.1, 0.15) is 5.84 Å². The normalized spacial score (nSPS) is 13.3. The highest BCUT2D eigenvalue weighted by Gasteiger charge is 2.11. The Hall–Kier alpha value is -2.28. The maximum Gasteiger partial charge on any atom is 0.411 e. The molecule has 0 saturated carbocycles. The molecule has 2 rings (SSSR count). The van der Waals surface area contributed by atoms with Gasteiger partial charge in [0.25, 0.3) is 0 Å². The first kappa shape index (κ1) is 12.2. The Morgan fingerprint density at radius 1 is 1.44 bits per heavy atom. The van der Waals surface area contributed by atoms with E-state index in [1.807, 2.05) is 24.3 Å². The smallest absolute Gasteiger partial charge is 0.411 e. The third kappa shape index (κ3) is 3.11. The lowest BCUT2D eigenvalue weighted by molar-refractivity contribution is 0.168. The summed E-state index contributed by atoms with van der Waals surface area (Å²) in [5, 5.41) is 6.69. The van der Waals surface area contributed by atoms with Crippen molar-refractivity contribution in [2.24, 2.45) is 5.10 Å². The van der Waals surface area contributed by atoms with Gasteiger partial charge in [-0.05, 0) is 18.6 Å². The molecule has 7 nitrogen and oxygen atoms in total. The number of hydrogen-bond acceptors (Lipinski definition) is 6. The topological polar surface area (TPSA) is 86.8 Å². The number of carbonyl (C=O) groups excluding carboxylic acids is 1. The van der Waals surface area contributed by atoms with E-state index in [1.165, 1.54) is 0 Å². The standard InChI is InChI=1S/C11H15N5O2/c1-2-18-11(17)12-9-6-4-3-5-8(9)7-10-13-15-16-14-10/h3-6,15-16H,2,7H2,1H3,(H,12,17)(H,13,14). The van der Waals surface area contributed by atoms with Crippen LogP contribution in [0, 0.1) is 0 Å². The summed E-state index contributed by atoms with van der Waals surface area (Å²) in [6.07, 6.45) is 0.116. The third-order valence-corrected chi connectivity index (χ3v) is 2.34. The summed E-state index contributed by atoms with van der Waals surface area (Å²) in [4.78, 5) is 11.4. The van der Waals surface area contributed by atoms with Crippen LogP contribution in [0.3, 0.4) is 0 Å². The number of hydrogen-bond donors (Lipinski definition) is 4. The van der Waals surface area contributed by atoms with Crippen molar-refractivity contribution < 1.29 is 9.53 Å². The summed E-state index contributed by atoms with van der Waals surface area (Å²) in [7, 11) is 0. The van der Waals surface area contributed by atoms with E-state index in [4.69, 9.17) is 4.74 Å². The molecule has 1 aliphatic rings. The van der Waals surface area contributed by atoms with Gasteiger partial charge in [0.05, 0.1) is 6.61 Å². The monoisotopic (exact) mass is 249 g/mol. The molecule has 0 aromatic heterocycles. The summed E-state index contributed by atoms with van der Waals surface area (Å²) < 4.78 is 4.85. The van der Waals surface area contributed by atoms with Crippen LogP contribution >= 0.6 is 0 Å². The molecule has 96 valence electrons. The van der Waals surface area contributed by atoms with Crippen molar-refractivity contribution in [2.75, 3.05) is 11.9 Å². The minimum Gasteiger partial charge on any atom is -0.450 e. The van der Waals surface area contributed by atoms with E-state index in [0.29, 0.717) is 18.7 Å². The van der Waals surface area contributed by atoms with Crippen LogP contribution in [0.4, 0.5) is 10.5 Å². The molecular formula is C11H15N5O2. The van der Waals surface area contributed by atoms with Crippen molar-refractivity contribution in [3.05, 3.63) is 29.8 Å². The molecule has 7 heteroatoms. The van der Waals surface area contributed by atoms with Gasteiger partial charge in [-0.3, -0.25) is 10.7 Å². The van der Waals surface area contributed by atoms with Crippen LogP contribution in [0.2, 0.25) is 0 Å². The van der Waals surface area contributed by atoms with Crippen molar-refractivity contribution >= 4 is 17.6 Å².